The van der Waals surface area contributed by atoms with Crippen LogP contribution < -0.4 is 4.74 Å². The Morgan fingerprint density at radius 1 is 1.24 bits per heavy atom. The average molecular weight is 312 g/mol. The van der Waals surface area contributed by atoms with Crippen LogP contribution in [0, 0.1) is 6.07 Å². The summed E-state index contributed by atoms with van der Waals surface area (Å²) in [4.78, 5) is 1.18. The summed E-state index contributed by atoms with van der Waals surface area (Å²) >= 11 is 0. The molecule has 1 heterocycles. The van der Waals surface area contributed by atoms with E-state index in [0.29, 0.717) is 6.42 Å². The van der Waals surface area contributed by atoms with Gasteiger partial charge in [-0.25, -0.2) is 0 Å². The summed E-state index contributed by atoms with van der Waals surface area (Å²) in [5, 5.41) is 0. The lowest BCUT2D eigenvalue weighted by molar-refractivity contribution is -0.275. The van der Waals surface area contributed by atoms with Crippen LogP contribution in [0.3, 0.4) is 0 Å². The molecule has 0 aliphatic carbocycles. The molecule has 8 heteroatoms. The van der Waals surface area contributed by atoms with Crippen molar-refractivity contribution in [2.75, 3.05) is 19.6 Å². The normalized spacial score (nSPS) is 20.8. The number of nitrogens with zero attached hydrogens (tertiary/aromatic N) is 1. The summed E-state index contributed by atoms with van der Waals surface area (Å²) in [6, 6.07) is 6.36. The first-order valence-corrected chi connectivity index (χ1v) is 6.19. The first kappa shape index (κ1) is 15.9. The Kier molecular flexibility index (Phi) is 4.36. The van der Waals surface area contributed by atoms with E-state index in [9.17, 15) is 26.3 Å². The summed E-state index contributed by atoms with van der Waals surface area (Å²) in [5.41, 5.74) is 0.260. The van der Waals surface area contributed by atoms with E-state index in [2.05, 4.69) is 10.8 Å². The minimum absolute atomic E-state index is 0.0533. The molecule has 1 atom stereocenters. The molecule has 1 aliphatic heterocycles. The molecule has 0 unspecified atom stereocenters. The number of hydrogen-bond acceptors (Lipinski definition) is 2. The number of likely N-dealkylation sites (tertiary alicyclic amines) is 1. The van der Waals surface area contributed by atoms with E-state index in [-0.39, 0.29) is 18.7 Å². The number of halogens is 6. The molecule has 21 heavy (non-hydrogen) atoms. The summed E-state index contributed by atoms with van der Waals surface area (Å²) in [7, 11) is 0. The molecular formula is C13H12F6NO. The first-order valence-electron chi connectivity index (χ1n) is 6.19. The van der Waals surface area contributed by atoms with Crippen molar-refractivity contribution in [2.24, 2.45) is 0 Å². The van der Waals surface area contributed by atoms with Crippen LogP contribution in [-0.2, 0) is 0 Å². The third kappa shape index (κ3) is 4.80. The summed E-state index contributed by atoms with van der Waals surface area (Å²) in [6.45, 7) is -0.816. The SMILES string of the molecule is FC(F)(F)CN1CC[C@@H](c2cc[c]cc2OC(F)(F)F)C1. The zero-order valence-electron chi connectivity index (χ0n) is 10.8. The van der Waals surface area contributed by atoms with Crippen LogP contribution in [0.1, 0.15) is 17.9 Å². The fraction of sp³-hybridized carbons (Fsp3) is 0.538. The van der Waals surface area contributed by atoms with E-state index in [4.69, 9.17) is 0 Å². The van der Waals surface area contributed by atoms with Gasteiger partial charge >= 0.3 is 12.5 Å². The Balaban J connectivity index is 2.09. The van der Waals surface area contributed by atoms with Gasteiger partial charge in [-0.2, -0.15) is 13.2 Å². The smallest absolute Gasteiger partial charge is 0.405 e. The highest BCUT2D eigenvalue weighted by Crippen LogP contribution is 2.36. The Labute approximate surface area is 117 Å². The second kappa shape index (κ2) is 5.75. The zero-order valence-corrected chi connectivity index (χ0v) is 10.8. The van der Waals surface area contributed by atoms with Crippen molar-refractivity contribution in [3.63, 3.8) is 0 Å². The molecule has 2 nitrogen and oxygen atoms in total. The van der Waals surface area contributed by atoms with Gasteiger partial charge in [0.25, 0.3) is 0 Å². The van der Waals surface area contributed by atoms with Crippen molar-refractivity contribution in [3.05, 3.63) is 29.8 Å². The highest BCUT2D eigenvalue weighted by molar-refractivity contribution is 5.36. The molecule has 2 rings (SSSR count). The van der Waals surface area contributed by atoms with Gasteiger partial charge in [0.2, 0.25) is 0 Å². The van der Waals surface area contributed by atoms with Crippen molar-refractivity contribution in [3.8, 4) is 5.75 Å². The van der Waals surface area contributed by atoms with Gasteiger partial charge in [0.15, 0.2) is 0 Å². The summed E-state index contributed by atoms with van der Waals surface area (Å²) in [5.74, 6) is -0.817. The van der Waals surface area contributed by atoms with Crippen molar-refractivity contribution in [1.82, 2.24) is 4.90 Å². The molecule has 0 N–H and O–H groups in total. The van der Waals surface area contributed by atoms with Crippen LogP contribution >= 0.6 is 0 Å². The topological polar surface area (TPSA) is 12.5 Å². The van der Waals surface area contributed by atoms with Crippen LogP contribution in [0.5, 0.6) is 5.75 Å². The average Bonchev–Trinajstić information content (AvgIpc) is 2.73. The number of rotatable bonds is 3. The van der Waals surface area contributed by atoms with Gasteiger partial charge in [0.05, 0.1) is 6.54 Å². The van der Waals surface area contributed by atoms with Crippen molar-refractivity contribution in [2.45, 2.75) is 24.9 Å². The van der Waals surface area contributed by atoms with Gasteiger partial charge in [-0.1, -0.05) is 12.1 Å². The second-order valence-corrected chi connectivity index (χ2v) is 4.85. The highest BCUT2D eigenvalue weighted by atomic mass is 19.4. The lowest BCUT2D eigenvalue weighted by Gasteiger charge is -2.19. The fourth-order valence-electron chi connectivity index (χ4n) is 2.46. The fourth-order valence-corrected chi connectivity index (χ4v) is 2.46. The third-order valence-electron chi connectivity index (χ3n) is 3.20. The molecule has 117 valence electrons. The Morgan fingerprint density at radius 3 is 2.57 bits per heavy atom. The van der Waals surface area contributed by atoms with Gasteiger partial charge in [-0.3, -0.25) is 4.90 Å². The van der Waals surface area contributed by atoms with Crippen LogP contribution in [0.4, 0.5) is 26.3 Å². The van der Waals surface area contributed by atoms with E-state index < -0.39 is 30.8 Å². The maximum atomic E-state index is 12.3. The number of ether oxygens (including phenoxy) is 1. The van der Waals surface area contributed by atoms with Crippen molar-refractivity contribution < 1.29 is 31.1 Å². The number of alkyl halides is 6. The van der Waals surface area contributed by atoms with Crippen LogP contribution in [0.25, 0.3) is 0 Å². The van der Waals surface area contributed by atoms with Crippen molar-refractivity contribution in [1.29, 1.82) is 0 Å². The van der Waals surface area contributed by atoms with E-state index in [0.717, 1.165) is 6.07 Å². The number of hydrogen-bond donors (Lipinski definition) is 0. The highest BCUT2D eigenvalue weighted by Gasteiger charge is 2.37. The maximum Gasteiger partial charge on any atom is 0.573 e. The molecule has 1 aromatic carbocycles. The Morgan fingerprint density at radius 2 is 1.95 bits per heavy atom. The second-order valence-electron chi connectivity index (χ2n) is 4.85. The molecule has 1 saturated heterocycles. The minimum Gasteiger partial charge on any atom is -0.405 e. The van der Waals surface area contributed by atoms with E-state index in [1.54, 1.807) is 0 Å². The van der Waals surface area contributed by atoms with E-state index >= 15 is 0 Å². The minimum atomic E-state index is -4.84. The predicted molar refractivity (Wildman–Crippen MR) is 61.8 cm³/mol. The molecule has 0 bridgehead atoms. The lowest BCUT2D eigenvalue weighted by Crippen LogP contribution is -2.32. The van der Waals surface area contributed by atoms with E-state index in [1.807, 2.05) is 0 Å². The zero-order chi connectivity index (χ0) is 15.7. The first-order chi connectivity index (χ1) is 9.64. The van der Waals surface area contributed by atoms with Crippen LogP contribution in [0.15, 0.2) is 18.2 Å². The molecule has 0 saturated carbocycles. The monoisotopic (exact) mass is 312 g/mol. The molecule has 1 radical (unpaired) electrons. The number of benzene rings is 1. The predicted octanol–water partition coefficient (Wildman–Crippen LogP) is 3.74. The molecular weight excluding hydrogens is 300 g/mol. The molecule has 1 aliphatic rings. The Bertz CT molecular complexity index is 484. The van der Waals surface area contributed by atoms with Gasteiger partial charge < -0.3 is 4.74 Å². The molecule has 1 fully saturated rings. The van der Waals surface area contributed by atoms with Gasteiger partial charge in [0, 0.05) is 12.5 Å². The largest absolute Gasteiger partial charge is 0.573 e. The molecule has 1 aromatic rings. The quantitative estimate of drug-likeness (QED) is 0.789. The van der Waals surface area contributed by atoms with Gasteiger partial charge in [0.1, 0.15) is 5.75 Å². The lowest BCUT2D eigenvalue weighted by atomic mass is 9.97. The van der Waals surface area contributed by atoms with Gasteiger partial charge in [-0.15, -0.1) is 13.2 Å². The Hall–Kier alpha value is -1.44. The molecule has 0 spiro atoms. The van der Waals surface area contributed by atoms with Gasteiger partial charge in [-0.05, 0) is 30.7 Å². The van der Waals surface area contributed by atoms with Crippen LogP contribution in [0.2, 0.25) is 0 Å². The third-order valence-corrected chi connectivity index (χ3v) is 3.20. The molecule has 0 aromatic heterocycles. The molecule has 0 amide bonds. The summed E-state index contributed by atoms with van der Waals surface area (Å²) < 4.78 is 77.8. The maximum absolute atomic E-state index is 12.3. The standard InChI is InChI=1S/C13H12F6NO/c14-12(15,16)8-20-6-5-9(7-20)10-3-1-2-4-11(10)21-13(17,18)19/h1,3-4,9H,5-8H2/t9-/m1/s1. The van der Waals surface area contributed by atoms with E-state index in [1.165, 1.54) is 17.0 Å². The van der Waals surface area contributed by atoms with Crippen molar-refractivity contribution >= 4 is 0 Å². The van der Waals surface area contributed by atoms with Crippen LogP contribution in [-0.4, -0.2) is 37.1 Å². The summed E-state index contributed by atoms with van der Waals surface area (Å²) in [6.07, 6.45) is -8.80.